The van der Waals surface area contributed by atoms with Crippen LogP contribution in [0.15, 0.2) is 71.3 Å². The highest BCUT2D eigenvalue weighted by molar-refractivity contribution is 6.05. The van der Waals surface area contributed by atoms with Crippen LogP contribution >= 0.6 is 0 Å². The van der Waals surface area contributed by atoms with Crippen LogP contribution in [-0.4, -0.2) is 80.0 Å². The summed E-state index contributed by atoms with van der Waals surface area (Å²) in [6.45, 7) is 6.43. The van der Waals surface area contributed by atoms with Crippen molar-refractivity contribution in [3.8, 4) is 0 Å². The van der Waals surface area contributed by atoms with E-state index in [9.17, 15) is 14.4 Å². The van der Waals surface area contributed by atoms with Crippen LogP contribution in [-0.2, 0) is 9.53 Å². The molecule has 1 aromatic heterocycles. The minimum atomic E-state index is -0.381. The lowest BCUT2D eigenvalue weighted by atomic mass is 9.94. The molecule has 2 saturated heterocycles. The number of morpholine rings is 1. The van der Waals surface area contributed by atoms with Crippen molar-refractivity contribution >= 4 is 29.1 Å². The zero-order valence-electron chi connectivity index (χ0n) is 22.2. The quantitative estimate of drug-likeness (QED) is 0.499. The summed E-state index contributed by atoms with van der Waals surface area (Å²) in [7, 11) is 0. The summed E-state index contributed by atoms with van der Waals surface area (Å²) in [4.78, 5) is 45.4. The van der Waals surface area contributed by atoms with Gasteiger partial charge in [-0.1, -0.05) is 37.3 Å². The molecule has 2 aliphatic heterocycles. The number of hydrogen-bond donors (Lipinski definition) is 1. The number of hydrogen-bond acceptors (Lipinski definition) is 6. The van der Waals surface area contributed by atoms with Gasteiger partial charge in [0.1, 0.15) is 0 Å². The van der Waals surface area contributed by atoms with Crippen molar-refractivity contribution in [1.82, 2.24) is 9.80 Å². The van der Waals surface area contributed by atoms with Gasteiger partial charge in [0.25, 0.3) is 11.8 Å². The zero-order chi connectivity index (χ0) is 27.2. The van der Waals surface area contributed by atoms with Crippen molar-refractivity contribution in [2.75, 3.05) is 62.7 Å². The molecule has 3 heterocycles. The van der Waals surface area contributed by atoms with Gasteiger partial charge in [0.2, 0.25) is 5.91 Å². The van der Waals surface area contributed by atoms with Crippen molar-refractivity contribution < 1.29 is 23.5 Å². The second kappa shape index (κ2) is 12.2. The third-order valence-electron chi connectivity index (χ3n) is 7.37. The molecule has 3 aromatic rings. The summed E-state index contributed by atoms with van der Waals surface area (Å²) >= 11 is 0. The molecule has 2 fully saturated rings. The Bertz CT molecular complexity index is 1280. The molecule has 0 saturated carbocycles. The highest BCUT2D eigenvalue weighted by Gasteiger charge is 2.30. The van der Waals surface area contributed by atoms with Crippen LogP contribution in [0.1, 0.15) is 45.7 Å². The molecule has 2 aromatic carbocycles. The lowest BCUT2D eigenvalue weighted by molar-refractivity contribution is -0.133. The first-order valence-electron chi connectivity index (χ1n) is 13.5. The maximum Gasteiger partial charge on any atom is 0.291 e. The van der Waals surface area contributed by atoms with Crippen molar-refractivity contribution in [2.24, 2.45) is 0 Å². The van der Waals surface area contributed by atoms with E-state index in [1.54, 1.807) is 29.2 Å². The Balaban J connectivity index is 1.33. The number of nitrogens with one attached hydrogen (secondary N) is 1. The number of carbonyl (C=O) groups is 3. The van der Waals surface area contributed by atoms with E-state index in [1.807, 2.05) is 48.2 Å². The first-order valence-corrected chi connectivity index (χ1v) is 13.5. The number of benzene rings is 2. The molecule has 2 aliphatic rings. The molecule has 1 N–H and O–H groups in total. The van der Waals surface area contributed by atoms with E-state index in [0.29, 0.717) is 63.7 Å². The van der Waals surface area contributed by atoms with E-state index in [2.05, 4.69) is 10.2 Å². The Labute approximate surface area is 228 Å². The van der Waals surface area contributed by atoms with Crippen LogP contribution < -0.4 is 10.2 Å². The van der Waals surface area contributed by atoms with E-state index in [0.717, 1.165) is 17.7 Å². The van der Waals surface area contributed by atoms with Crippen LogP contribution in [0.4, 0.5) is 11.4 Å². The average Bonchev–Trinajstić information content (AvgIpc) is 3.54. The van der Waals surface area contributed by atoms with Crippen molar-refractivity contribution in [3.05, 3.63) is 83.8 Å². The summed E-state index contributed by atoms with van der Waals surface area (Å²) < 4.78 is 10.6. The lowest BCUT2D eigenvalue weighted by Crippen LogP contribution is -2.50. The Hall–Kier alpha value is -4.11. The molecule has 9 heteroatoms. The molecule has 0 bridgehead atoms. The van der Waals surface area contributed by atoms with Gasteiger partial charge in [-0.25, -0.2) is 0 Å². The van der Waals surface area contributed by atoms with E-state index >= 15 is 0 Å². The van der Waals surface area contributed by atoms with Gasteiger partial charge >= 0.3 is 0 Å². The molecular formula is C30H34N4O5. The standard InChI is InChI=1S/C30H34N4O5/c1-2-24(22-7-4-3-5-8-22)29(36)33-14-12-32(13-15-33)26-11-10-23(31-28(35)27-9-6-18-39-27)21-25(26)30(37)34-16-19-38-20-17-34/h3-11,18,21,24H,2,12-17,19-20H2,1H3,(H,31,35)/t24-/m1/s1. The number of anilines is 2. The third-order valence-corrected chi connectivity index (χ3v) is 7.37. The fourth-order valence-corrected chi connectivity index (χ4v) is 5.22. The largest absolute Gasteiger partial charge is 0.459 e. The van der Waals surface area contributed by atoms with E-state index in [1.165, 1.54) is 6.26 Å². The number of piperazine rings is 1. The minimum Gasteiger partial charge on any atom is -0.459 e. The van der Waals surface area contributed by atoms with Crippen molar-refractivity contribution in [1.29, 1.82) is 0 Å². The van der Waals surface area contributed by atoms with E-state index in [-0.39, 0.29) is 29.4 Å². The molecule has 0 aliphatic carbocycles. The Morgan fingerprint density at radius 2 is 1.62 bits per heavy atom. The highest BCUT2D eigenvalue weighted by Crippen LogP contribution is 2.29. The van der Waals surface area contributed by atoms with Gasteiger partial charge < -0.3 is 29.2 Å². The van der Waals surface area contributed by atoms with Gasteiger partial charge in [-0.2, -0.15) is 0 Å². The van der Waals surface area contributed by atoms with E-state index < -0.39 is 0 Å². The highest BCUT2D eigenvalue weighted by atomic mass is 16.5. The summed E-state index contributed by atoms with van der Waals surface area (Å²) in [5.74, 6) is -0.302. The normalized spacial score (nSPS) is 16.6. The number of carbonyl (C=O) groups excluding carboxylic acids is 3. The van der Waals surface area contributed by atoms with Crippen molar-refractivity contribution in [2.45, 2.75) is 19.3 Å². The van der Waals surface area contributed by atoms with Gasteiger partial charge in [-0.05, 0) is 42.3 Å². The zero-order valence-corrected chi connectivity index (χ0v) is 22.2. The topological polar surface area (TPSA) is 95.3 Å². The lowest BCUT2D eigenvalue weighted by Gasteiger charge is -2.38. The second-order valence-electron chi connectivity index (χ2n) is 9.75. The number of ether oxygens (including phenoxy) is 1. The molecule has 204 valence electrons. The fourth-order valence-electron chi connectivity index (χ4n) is 5.22. The van der Waals surface area contributed by atoms with Gasteiger partial charge in [0.15, 0.2) is 5.76 Å². The minimum absolute atomic E-state index is 0.101. The van der Waals surface area contributed by atoms with Gasteiger partial charge in [-0.3, -0.25) is 14.4 Å². The Kier molecular flexibility index (Phi) is 8.27. The SMILES string of the molecule is CC[C@@H](C(=O)N1CCN(c2ccc(NC(=O)c3ccco3)cc2C(=O)N2CCOCC2)CC1)c1ccccc1. The summed E-state index contributed by atoms with van der Waals surface area (Å²) in [6.07, 6.45) is 2.19. The Morgan fingerprint density at radius 3 is 2.28 bits per heavy atom. The smallest absolute Gasteiger partial charge is 0.291 e. The number of furan rings is 1. The monoisotopic (exact) mass is 530 g/mol. The molecular weight excluding hydrogens is 496 g/mol. The maximum atomic E-state index is 13.6. The summed E-state index contributed by atoms with van der Waals surface area (Å²) in [5, 5.41) is 2.83. The van der Waals surface area contributed by atoms with Crippen LogP contribution in [0, 0.1) is 0 Å². The first-order chi connectivity index (χ1) is 19.0. The van der Waals surface area contributed by atoms with Crippen molar-refractivity contribution in [3.63, 3.8) is 0 Å². The van der Waals surface area contributed by atoms with Crippen LogP contribution in [0.2, 0.25) is 0 Å². The first kappa shape index (κ1) is 26.5. The summed E-state index contributed by atoms with van der Waals surface area (Å²) in [5.41, 5.74) is 2.87. The van der Waals surface area contributed by atoms with Gasteiger partial charge in [0.05, 0.1) is 31.0 Å². The predicted octanol–water partition coefficient (Wildman–Crippen LogP) is 3.85. The number of rotatable bonds is 7. The van der Waals surface area contributed by atoms with E-state index in [4.69, 9.17) is 9.15 Å². The molecule has 1 atom stereocenters. The molecule has 5 rings (SSSR count). The third kappa shape index (κ3) is 5.98. The van der Waals surface area contributed by atoms with Crippen LogP contribution in [0.5, 0.6) is 0 Å². The molecule has 9 nitrogen and oxygen atoms in total. The number of amides is 3. The molecule has 0 radical (unpaired) electrons. The number of nitrogens with zero attached hydrogens (tertiary/aromatic N) is 3. The summed E-state index contributed by atoms with van der Waals surface area (Å²) in [6, 6.07) is 18.6. The average molecular weight is 531 g/mol. The maximum absolute atomic E-state index is 13.6. The second-order valence-corrected chi connectivity index (χ2v) is 9.75. The molecule has 0 spiro atoms. The van der Waals surface area contributed by atoms with Gasteiger partial charge in [0, 0.05) is 50.6 Å². The predicted molar refractivity (Wildman–Crippen MR) is 148 cm³/mol. The molecule has 0 unspecified atom stereocenters. The Morgan fingerprint density at radius 1 is 0.872 bits per heavy atom. The molecule has 3 amide bonds. The van der Waals surface area contributed by atoms with Crippen LogP contribution in [0.25, 0.3) is 0 Å². The van der Waals surface area contributed by atoms with Gasteiger partial charge in [-0.15, -0.1) is 0 Å². The fraction of sp³-hybridized carbons (Fsp3) is 0.367. The van der Waals surface area contributed by atoms with Crippen LogP contribution in [0.3, 0.4) is 0 Å². The molecule has 39 heavy (non-hydrogen) atoms.